The first-order valence-electron chi connectivity index (χ1n) is 6.92. The zero-order chi connectivity index (χ0) is 13.8. The maximum Gasteiger partial charge on any atom is 0.106 e. The van der Waals surface area contributed by atoms with Crippen molar-refractivity contribution in [2.45, 2.75) is 45.1 Å². The molecule has 2 atom stereocenters. The third-order valence-corrected chi connectivity index (χ3v) is 4.58. The number of hydrogen-bond acceptors (Lipinski definition) is 2. The van der Waals surface area contributed by atoms with E-state index in [1.165, 1.54) is 32.1 Å². The van der Waals surface area contributed by atoms with Gasteiger partial charge in [-0.05, 0) is 43.4 Å². The molecule has 1 aliphatic carbocycles. The number of benzene rings is 1. The fourth-order valence-corrected chi connectivity index (χ4v) is 3.23. The molecule has 0 radical (unpaired) electrons. The number of hydrogen-bond donors (Lipinski definition) is 2. The lowest BCUT2D eigenvalue weighted by Crippen LogP contribution is -2.21. The number of rotatable bonds is 3. The van der Waals surface area contributed by atoms with Gasteiger partial charge in [0.25, 0.3) is 0 Å². The summed E-state index contributed by atoms with van der Waals surface area (Å²) >= 11 is 8.61. The Morgan fingerprint density at radius 3 is 2.84 bits per heavy atom. The van der Waals surface area contributed by atoms with E-state index in [0.29, 0.717) is 11.0 Å². The Morgan fingerprint density at radius 2 is 2.11 bits per heavy atom. The molecule has 1 saturated carbocycles. The van der Waals surface area contributed by atoms with Crippen LogP contribution in [0.25, 0.3) is 0 Å². The monoisotopic (exact) mass is 340 g/mol. The van der Waals surface area contributed by atoms with Crippen LogP contribution in [0.3, 0.4) is 0 Å². The lowest BCUT2D eigenvalue weighted by molar-refractivity contribution is 0.502. The van der Waals surface area contributed by atoms with Gasteiger partial charge in [-0.2, -0.15) is 0 Å². The Balaban J connectivity index is 2.12. The molecule has 3 N–H and O–H groups in total. The standard InChI is InChI=1S/C15H21BrN2S/c1-10-3-2-4-12(7-5-10)18-14-8-6-11(16)9-13(14)15(17)19/h6,8-10,12,18H,2-5,7H2,1H3,(H2,17,19). The Kier molecular flexibility index (Phi) is 5.22. The first kappa shape index (κ1) is 14.8. The maximum absolute atomic E-state index is 5.81. The zero-order valence-electron chi connectivity index (χ0n) is 11.3. The van der Waals surface area contributed by atoms with Crippen molar-refractivity contribution >= 4 is 38.8 Å². The zero-order valence-corrected chi connectivity index (χ0v) is 13.7. The minimum Gasteiger partial charge on any atom is -0.389 e. The van der Waals surface area contributed by atoms with E-state index in [1.54, 1.807) is 0 Å². The number of thiocarbonyl (C=S) groups is 1. The molecule has 1 fully saturated rings. The Hall–Kier alpha value is -0.610. The van der Waals surface area contributed by atoms with E-state index >= 15 is 0 Å². The van der Waals surface area contributed by atoms with E-state index in [1.807, 2.05) is 12.1 Å². The fourth-order valence-electron chi connectivity index (χ4n) is 2.70. The van der Waals surface area contributed by atoms with Crippen LogP contribution in [-0.4, -0.2) is 11.0 Å². The van der Waals surface area contributed by atoms with Gasteiger partial charge in [-0.15, -0.1) is 0 Å². The van der Waals surface area contributed by atoms with Crippen LogP contribution in [0.2, 0.25) is 0 Å². The summed E-state index contributed by atoms with van der Waals surface area (Å²) in [6, 6.07) is 6.62. The van der Waals surface area contributed by atoms with Crippen LogP contribution in [-0.2, 0) is 0 Å². The van der Waals surface area contributed by atoms with Gasteiger partial charge >= 0.3 is 0 Å². The second-order valence-corrected chi connectivity index (χ2v) is 6.86. The van der Waals surface area contributed by atoms with Crippen molar-refractivity contribution < 1.29 is 0 Å². The van der Waals surface area contributed by atoms with Crippen molar-refractivity contribution in [3.8, 4) is 0 Å². The van der Waals surface area contributed by atoms with Gasteiger partial charge in [0.05, 0.1) is 0 Å². The molecule has 1 aliphatic rings. The lowest BCUT2D eigenvalue weighted by atomic mass is 10.0. The molecule has 2 nitrogen and oxygen atoms in total. The van der Waals surface area contributed by atoms with E-state index < -0.39 is 0 Å². The van der Waals surface area contributed by atoms with Gasteiger partial charge in [0, 0.05) is 21.8 Å². The number of nitrogens with two attached hydrogens (primary N) is 1. The summed E-state index contributed by atoms with van der Waals surface area (Å²) in [5, 5.41) is 3.63. The average Bonchev–Trinajstić information content (AvgIpc) is 2.56. The van der Waals surface area contributed by atoms with Crippen LogP contribution in [0.1, 0.15) is 44.6 Å². The van der Waals surface area contributed by atoms with Gasteiger partial charge in [-0.25, -0.2) is 0 Å². The van der Waals surface area contributed by atoms with E-state index in [2.05, 4.69) is 34.2 Å². The van der Waals surface area contributed by atoms with Gasteiger partial charge < -0.3 is 11.1 Å². The molecule has 0 heterocycles. The van der Waals surface area contributed by atoms with Crippen molar-refractivity contribution in [3.63, 3.8) is 0 Å². The van der Waals surface area contributed by atoms with Crippen LogP contribution in [0.5, 0.6) is 0 Å². The number of anilines is 1. The Labute approximate surface area is 129 Å². The second kappa shape index (κ2) is 6.71. The summed E-state index contributed by atoms with van der Waals surface area (Å²) < 4.78 is 1.01. The molecule has 4 heteroatoms. The van der Waals surface area contributed by atoms with Crippen LogP contribution in [0.4, 0.5) is 5.69 Å². The second-order valence-electron chi connectivity index (χ2n) is 5.51. The summed E-state index contributed by atoms with van der Waals surface area (Å²) in [6.45, 7) is 2.35. The molecule has 0 bridgehead atoms. The third-order valence-electron chi connectivity index (χ3n) is 3.86. The third kappa shape index (κ3) is 4.18. The van der Waals surface area contributed by atoms with Crippen molar-refractivity contribution in [2.75, 3.05) is 5.32 Å². The Bertz CT molecular complexity index is 461. The normalized spacial score (nSPS) is 23.7. The molecule has 19 heavy (non-hydrogen) atoms. The quantitative estimate of drug-likeness (QED) is 0.629. The molecular formula is C15H21BrN2S. The molecular weight excluding hydrogens is 320 g/mol. The predicted molar refractivity (Wildman–Crippen MR) is 89.7 cm³/mol. The highest BCUT2D eigenvalue weighted by atomic mass is 79.9. The molecule has 0 saturated heterocycles. The minimum absolute atomic E-state index is 0.450. The molecule has 0 aromatic heterocycles. The van der Waals surface area contributed by atoms with Gasteiger partial charge in [0.1, 0.15) is 4.99 Å². The van der Waals surface area contributed by atoms with E-state index in [0.717, 1.165) is 21.6 Å². The SMILES string of the molecule is CC1CCCC(Nc2ccc(Br)cc2C(N)=S)CC1. The van der Waals surface area contributed by atoms with Gasteiger partial charge in [-0.3, -0.25) is 0 Å². The molecule has 0 spiro atoms. The molecule has 0 aliphatic heterocycles. The molecule has 1 aromatic carbocycles. The van der Waals surface area contributed by atoms with E-state index in [4.69, 9.17) is 18.0 Å². The summed E-state index contributed by atoms with van der Waals surface area (Å²) in [7, 11) is 0. The minimum atomic E-state index is 0.450. The molecule has 1 aromatic rings. The van der Waals surface area contributed by atoms with Crippen LogP contribution in [0.15, 0.2) is 22.7 Å². The van der Waals surface area contributed by atoms with E-state index in [-0.39, 0.29) is 0 Å². The maximum atomic E-state index is 5.81. The first-order chi connectivity index (χ1) is 9.06. The Morgan fingerprint density at radius 1 is 1.32 bits per heavy atom. The van der Waals surface area contributed by atoms with Crippen molar-refractivity contribution in [3.05, 3.63) is 28.2 Å². The topological polar surface area (TPSA) is 38.0 Å². The van der Waals surface area contributed by atoms with Crippen molar-refractivity contribution in [1.82, 2.24) is 0 Å². The predicted octanol–water partition coefficient (Wildman–Crippen LogP) is 4.46. The van der Waals surface area contributed by atoms with Crippen LogP contribution in [0, 0.1) is 5.92 Å². The highest BCUT2D eigenvalue weighted by Crippen LogP contribution is 2.27. The van der Waals surface area contributed by atoms with Crippen molar-refractivity contribution in [1.29, 1.82) is 0 Å². The molecule has 2 rings (SSSR count). The smallest absolute Gasteiger partial charge is 0.106 e. The summed E-state index contributed by atoms with van der Waals surface area (Å²) in [5.41, 5.74) is 7.81. The molecule has 0 amide bonds. The largest absolute Gasteiger partial charge is 0.389 e. The van der Waals surface area contributed by atoms with Crippen LogP contribution >= 0.6 is 28.1 Å². The first-order valence-corrected chi connectivity index (χ1v) is 8.12. The van der Waals surface area contributed by atoms with Gasteiger partial charge in [0.15, 0.2) is 0 Å². The highest BCUT2D eigenvalue weighted by Gasteiger charge is 2.17. The lowest BCUT2D eigenvalue weighted by Gasteiger charge is -2.20. The number of nitrogens with one attached hydrogen (secondary N) is 1. The van der Waals surface area contributed by atoms with Crippen molar-refractivity contribution in [2.24, 2.45) is 11.7 Å². The fraction of sp³-hybridized carbons (Fsp3) is 0.533. The summed E-state index contributed by atoms with van der Waals surface area (Å²) in [6.07, 6.45) is 6.42. The van der Waals surface area contributed by atoms with Gasteiger partial charge in [0.2, 0.25) is 0 Å². The summed E-state index contributed by atoms with van der Waals surface area (Å²) in [5.74, 6) is 0.853. The van der Waals surface area contributed by atoms with E-state index in [9.17, 15) is 0 Å². The molecule has 104 valence electrons. The number of halogens is 1. The molecule has 2 unspecified atom stereocenters. The highest BCUT2D eigenvalue weighted by molar-refractivity contribution is 9.10. The van der Waals surface area contributed by atoms with Gasteiger partial charge in [-0.1, -0.05) is 47.9 Å². The van der Waals surface area contributed by atoms with Crippen LogP contribution < -0.4 is 11.1 Å². The average molecular weight is 341 g/mol. The summed E-state index contributed by atoms with van der Waals surface area (Å²) in [4.78, 5) is 0.450.